The molecule has 2 N–H and O–H groups in total. The summed E-state index contributed by atoms with van der Waals surface area (Å²) in [6.07, 6.45) is 1.53. The fraction of sp³-hybridized carbons (Fsp3) is 0.600. The Labute approximate surface area is 155 Å². The number of nitrogens with one attached hydrogen (secondary N) is 1. The third kappa shape index (κ3) is 4.62. The standard InChI is InChI=1S/C20H29N3O3/c1-16(17-5-3-2-4-6-17)13-18(24)22-10-7-20(26,8-11-22)15-23-12-9-21-14-19(23)25/h2-6,16,21,26H,7-15H2,1H3/t16-/m1/s1. The largest absolute Gasteiger partial charge is 0.388 e. The molecule has 0 unspecified atom stereocenters. The van der Waals surface area contributed by atoms with Crippen molar-refractivity contribution in [3.05, 3.63) is 35.9 Å². The van der Waals surface area contributed by atoms with Gasteiger partial charge in [0.1, 0.15) is 0 Å². The van der Waals surface area contributed by atoms with Crippen molar-refractivity contribution in [1.29, 1.82) is 0 Å². The Balaban J connectivity index is 1.49. The maximum absolute atomic E-state index is 12.6. The van der Waals surface area contributed by atoms with E-state index in [1.54, 1.807) is 4.90 Å². The van der Waals surface area contributed by atoms with Crippen LogP contribution < -0.4 is 5.32 Å². The molecule has 142 valence electrons. The van der Waals surface area contributed by atoms with Gasteiger partial charge in [-0.3, -0.25) is 9.59 Å². The first-order chi connectivity index (χ1) is 12.5. The first-order valence-corrected chi connectivity index (χ1v) is 9.50. The zero-order valence-corrected chi connectivity index (χ0v) is 15.5. The number of β-amino-alcohol motifs (C(OH)–C–C–N with tert-alkyl or cyclic N) is 1. The number of carbonyl (C=O) groups is 2. The van der Waals surface area contributed by atoms with Crippen LogP contribution in [0.15, 0.2) is 30.3 Å². The molecule has 0 bridgehead atoms. The second-order valence-electron chi connectivity index (χ2n) is 7.61. The minimum absolute atomic E-state index is 0.0415. The molecule has 2 fully saturated rings. The first kappa shape index (κ1) is 18.9. The van der Waals surface area contributed by atoms with Gasteiger partial charge in [-0.25, -0.2) is 0 Å². The van der Waals surface area contributed by atoms with Gasteiger partial charge in [-0.15, -0.1) is 0 Å². The Morgan fingerprint density at radius 2 is 1.92 bits per heavy atom. The highest BCUT2D eigenvalue weighted by atomic mass is 16.3. The molecule has 3 rings (SSSR count). The van der Waals surface area contributed by atoms with Crippen molar-refractivity contribution in [2.75, 3.05) is 39.3 Å². The number of aliphatic hydroxyl groups is 1. The molecule has 6 nitrogen and oxygen atoms in total. The van der Waals surface area contributed by atoms with Crippen LogP contribution in [0.2, 0.25) is 0 Å². The first-order valence-electron chi connectivity index (χ1n) is 9.50. The van der Waals surface area contributed by atoms with E-state index in [9.17, 15) is 14.7 Å². The molecule has 2 heterocycles. The number of carbonyl (C=O) groups excluding carboxylic acids is 2. The summed E-state index contributed by atoms with van der Waals surface area (Å²) in [6.45, 7) is 5.30. The summed E-state index contributed by atoms with van der Waals surface area (Å²) in [5.41, 5.74) is 0.293. The van der Waals surface area contributed by atoms with E-state index in [1.807, 2.05) is 23.1 Å². The number of benzene rings is 1. The van der Waals surface area contributed by atoms with E-state index < -0.39 is 5.60 Å². The minimum Gasteiger partial charge on any atom is -0.388 e. The Hall–Kier alpha value is -1.92. The smallest absolute Gasteiger partial charge is 0.236 e. The van der Waals surface area contributed by atoms with Crippen LogP contribution in [0.1, 0.15) is 37.7 Å². The molecule has 1 aromatic carbocycles. The fourth-order valence-electron chi connectivity index (χ4n) is 3.79. The van der Waals surface area contributed by atoms with Crippen molar-refractivity contribution in [2.45, 2.75) is 37.7 Å². The highest BCUT2D eigenvalue weighted by Crippen LogP contribution is 2.26. The van der Waals surface area contributed by atoms with Crippen molar-refractivity contribution < 1.29 is 14.7 Å². The van der Waals surface area contributed by atoms with E-state index in [-0.39, 0.29) is 17.7 Å². The van der Waals surface area contributed by atoms with Crippen molar-refractivity contribution in [2.24, 2.45) is 0 Å². The number of hydrogen-bond donors (Lipinski definition) is 2. The maximum atomic E-state index is 12.6. The third-order valence-electron chi connectivity index (χ3n) is 5.57. The SMILES string of the molecule is C[C@H](CC(=O)N1CCC(O)(CN2CCNCC2=O)CC1)c1ccccc1. The highest BCUT2D eigenvalue weighted by Gasteiger charge is 2.37. The van der Waals surface area contributed by atoms with Gasteiger partial charge in [0.25, 0.3) is 0 Å². The van der Waals surface area contributed by atoms with E-state index in [1.165, 1.54) is 5.56 Å². The molecule has 1 atom stereocenters. The normalized spacial score (nSPS) is 21.5. The molecule has 2 aliphatic rings. The second-order valence-corrected chi connectivity index (χ2v) is 7.61. The van der Waals surface area contributed by atoms with E-state index in [4.69, 9.17) is 0 Å². The second kappa shape index (κ2) is 8.18. The monoisotopic (exact) mass is 359 g/mol. The average molecular weight is 359 g/mol. The van der Waals surface area contributed by atoms with Gasteiger partial charge in [0, 0.05) is 39.1 Å². The van der Waals surface area contributed by atoms with Crippen LogP contribution in [-0.2, 0) is 9.59 Å². The fourth-order valence-corrected chi connectivity index (χ4v) is 3.79. The molecule has 0 spiro atoms. The lowest BCUT2D eigenvalue weighted by Gasteiger charge is -2.42. The molecular formula is C20H29N3O3. The van der Waals surface area contributed by atoms with Gasteiger partial charge >= 0.3 is 0 Å². The Bertz CT molecular complexity index is 626. The average Bonchev–Trinajstić information content (AvgIpc) is 2.65. The lowest BCUT2D eigenvalue weighted by atomic mass is 9.89. The summed E-state index contributed by atoms with van der Waals surface area (Å²) in [4.78, 5) is 28.1. The Kier molecular flexibility index (Phi) is 5.94. The number of rotatable bonds is 5. The summed E-state index contributed by atoms with van der Waals surface area (Å²) in [7, 11) is 0. The van der Waals surface area contributed by atoms with Crippen molar-refractivity contribution >= 4 is 11.8 Å². The minimum atomic E-state index is -0.880. The van der Waals surface area contributed by atoms with E-state index >= 15 is 0 Å². The van der Waals surface area contributed by atoms with Gasteiger partial charge < -0.3 is 20.2 Å². The molecular weight excluding hydrogens is 330 g/mol. The van der Waals surface area contributed by atoms with Crippen molar-refractivity contribution in [3.63, 3.8) is 0 Å². The maximum Gasteiger partial charge on any atom is 0.236 e. The molecule has 0 saturated carbocycles. The van der Waals surface area contributed by atoms with Gasteiger partial charge in [0.05, 0.1) is 12.1 Å². The van der Waals surface area contributed by atoms with Crippen LogP contribution in [0.5, 0.6) is 0 Å². The Morgan fingerprint density at radius 3 is 2.58 bits per heavy atom. The van der Waals surface area contributed by atoms with Gasteiger partial charge in [-0.05, 0) is 24.3 Å². The van der Waals surface area contributed by atoms with Crippen LogP contribution in [0.3, 0.4) is 0 Å². The number of nitrogens with zero attached hydrogens (tertiary/aromatic N) is 2. The van der Waals surface area contributed by atoms with E-state index in [0.717, 1.165) is 6.54 Å². The van der Waals surface area contributed by atoms with Crippen molar-refractivity contribution in [1.82, 2.24) is 15.1 Å². The van der Waals surface area contributed by atoms with E-state index in [0.29, 0.717) is 52.0 Å². The van der Waals surface area contributed by atoms with Crippen LogP contribution in [0.25, 0.3) is 0 Å². The van der Waals surface area contributed by atoms with Crippen molar-refractivity contribution in [3.8, 4) is 0 Å². The number of amides is 2. The predicted molar refractivity (Wildman–Crippen MR) is 99.7 cm³/mol. The lowest BCUT2D eigenvalue weighted by Crippen LogP contribution is -2.57. The molecule has 0 aromatic heterocycles. The van der Waals surface area contributed by atoms with E-state index in [2.05, 4.69) is 24.4 Å². The van der Waals surface area contributed by atoms with Gasteiger partial charge in [0.2, 0.25) is 11.8 Å². The molecule has 2 aliphatic heterocycles. The topological polar surface area (TPSA) is 72.9 Å². The molecule has 2 saturated heterocycles. The predicted octanol–water partition coefficient (Wildman–Crippen LogP) is 0.966. The molecule has 2 amide bonds. The van der Waals surface area contributed by atoms with Gasteiger partial charge in [0.15, 0.2) is 0 Å². The highest BCUT2D eigenvalue weighted by molar-refractivity contribution is 5.79. The zero-order valence-electron chi connectivity index (χ0n) is 15.5. The number of likely N-dealkylation sites (tertiary alicyclic amines) is 1. The molecule has 26 heavy (non-hydrogen) atoms. The summed E-state index contributed by atoms with van der Waals surface area (Å²) in [5.74, 6) is 0.365. The molecule has 0 radical (unpaired) electrons. The quantitative estimate of drug-likeness (QED) is 0.822. The van der Waals surface area contributed by atoms with Crippen LogP contribution in [0.4, 0.5) is 0 Å². The number of piperidine rings is 1. The number of piperazine rings is 1. The summed E-state index contributed by atoms with van der Waals surface area (Å²) < 4.78 is 0. The lowest BCUT2D eigenvalue weighted by molar-refractivity contribution is -0.142. The summed E-state index contributed by atoms with van der Waals surface area (Å²) in [6, 6.07) is 10.1. The molecule has 1 aromatic rings. The van der Waals surface area contributed by atoms with Crippen LogP contribution >= 0.6 is 0 Å². The van der Waals surface area contributed by atoms with Gasteiger partial charge in [-0.1, -0.05) is 37.3 Å². The van der Waals surface area contributed by atoms with Crippen LogP contribution in [-0.4, -0.2) is 71.6 Å². The zero-order chi connectivity index (χ0) is 18.6. The Morgan fingerprint density at radius 1 is 1.23 bits per heavy atom. The number of hydrogen-bond acceptors (Lipinski definition) is 4. The molecule has 6 heteroatoms. The summed E-state index contributed by atoms with van der Waals surface area (Å²) >= 11 is 0. The third-order valence-corrected chi connectivity index (χ3v) is 5.57. The molecule has 0 aliphatic carbocycles. The van der Waals surface area contributed by atoms with Crippen LogP contribution in [0, 0.1) is 0 Å². The summed E-state index contributed by atoms with van der Waals surface area (Å²) in [5, 5.41) is 13.9. The van der Waals surface area contributed by atoms with Gasteiger partial charge in [-0.2, -0.15) is 0 Å².